The molecule has 2 aliphatic rings. The van der Waals surface area contributed by atoms with E-state index in [2.05, 4.69) is 9.98 Å². The molecule has 0 saturated heterocycles. The Morgan fingerprint density at radius 3 is 2.77 bits per heavy atom. The lowest BCUT2D eigenvalue weighted by atomic mass is 10.1. The third-order valence-corrected chi connectivity index (χ3v) is 4.86. The number of hydrogen-bond donors (Lipinski definition) is 0. The second-order valence-electron chi connectivity index (χ2n) is 5.00. The molecule has 0 saturated carbocycles. The van der Waals surface area contributed by atoms with Gasteiger partial charge in [0.05, 0.1) is 30.8 Å². The van der Waals surface area contributed by atoms with Gasteiger partial charge in [-0.15, -0.1) is 0 Å². The second kappa shape index (κ2) is 5.40. The van der Waals surface area contributed by atoms with E-state index in [9.17, 15) is 8.42 Å². The van der Waals surface area contributed by atoms with Crippen molar-refractivity contribution >= 4 is 33.4 Å². The van der Waals surface area contributed by atoms with Gasteiger partial charge in [-0.05, 0) is 18.2 Å². The van der Waals surface area contributed by atoms with Crippen LogP contribution in [0.4, 0.5) is 0 Å². The van der Waals surface area contributed by atoms with Crippen LogP contribution < -0.4 is 4.74 Å². The highest BCUT2D eigenvalue weighted by Crippen LogP contribution is 2.30. The summed E-state index contributed by atoms with van der Waals surface area (Å²) in [6.07, 6.45) is 2.89. The van der Waals surface area contributed by atoms with E-state index in [1.54, 1.807) is 18.3 Å². The first kappa shape index (κ1) is 15.1. The largest absolute Gasteiger partial charge is 0.496 e. The van der Waals surface area contributed by atoms with Crippen LogP contribution >= 0.6 is 11.6 Å². The number of aliphatic imine (C=N–C) groups is 2. The van der Waals surface area contributed by atoms with Gasteiger partial charge in [-0.2, -0.15) is 0 Å². The van der Waals surface area contributed by atoms with Gasteiger partial charge in [0.15, 0.2) is 20.8 Å². The average molecular weight is 340 g/mol. The van der Waals surface area contributed by atoms with Gasteiger partial charge in [0.1, 0.15) is 5.75 Å². The molecule has 0 bridgehead atoms. The van der Waals surface area contributed by atoms with E-state index in [-0.39, 0.29) is 4.90 Å². The standard InChI is InChI=1S/C14H14ClN3O3S/c1-21-12-7-9(22(2,19)20)3-4-10(12)11-8-18-6-5-16-13(15)14(18)17-11/h3-5,7H,6,8H2,1-2H3. The van der Waals surface area contributed by atoms with Crippen molar-refractivity contribution in [2.45, 2.75) is 4.90 Å². The van der Waals surface area contributed by atoms with Crippen molar-refractivity contribution in [1.82, 2.24) is 4.90 Å². The number of nitrogens with zero attached hydrogens (tertiary/aromatic N) is 3. The predicted octanol–water partition coefficient (Wildman–Crippen LogP) is 1.65. The maximum Gasteiger partial charge on any atom is 0.175 e. The van der Waals surface area contributed by atoms with Crippen LogP contribution in [0.3, 0.4) is 0 Å². The summed E-state index contributed by atoms with van der Waals surface area (Å²) >= 11 is 6.05. The molecule has 1 aromatic carbocycles. The fourth-order valence-corrected chi connectivity index (χ4v) is 3.25. The first-order chi connectivity index (χ1) is 10.4. The Hall–Kier alpha value is -1.86. The Kier molecular flexibility index (Phi) is 3.70. The summed E-state index contributed by atoms with van der Waals surface area (Å²) in [6.45, 7) is 1.22. The van der Waals surface area contributed by atoms with Crippen molar-refractivity contribution < 1.29 is 13.2 Å². The molecule has 2 aliphatic heterocycles. The Labute approximate surface area is 133 Å². The number of ether oxygens (including phenoxy) is 1. The molecular weight excluding hydrogens is 326 g/mol. The molecule has 0 radical (unpaired) electrons. The van der Waals surface area contributed by atoms with Gasteiger partial charge in [-0.25, -0.2) is 18.4 Å². The van der Waals surface area contributed by atoms with Crippen LogP contribution in [0.2, 0.25) is 0 Å². The highest BCUT2D eigenvalue weighted by atomic mass is 35.5. The zero-order valence-corrected chi connectivity index (χ0v) is 13.6. The number of sulfone groups is 1. The lowest BCUT2D eigenvalue weighted by Crippen LogP contribution is -2.26. The molecule has 3 rings (SSSR count). The van der Waals surface area contributed by atoms with Gasteiger partial charge in [-0.1, -0.05) is 11.6 Å². The van der Waals surface area contributed by atoms with Gasteiger partial charge < -0.3 is 9.64 Å². The fraction of sp³-hybridized carbons (Fsp3) is 0.286. The third kappa shape index (κ3) is 2.62. The van der Waals surface area contributed by atoms with Crippen molar-refractivity contribution in [3.63, 3.8) is 0 Å². The molecule has 116 valence electrons. The summed E-state index contributed by atoms with van der Waals surface area (Å²) in [5.41, 5.74) is 1.52. The lowest BCUT2D eigenvalue weighted by Gasteiger charge is -2.19. The Morgan fingerprint density at radius 1 is 1.36 bits per heavy atom. The SMILES string of the molecule is COc1cc(S(C)(=O)=O)ccc1C1=NC2=C(Cl)N=CCN2C1. The quantitative estimate of drug-likeness (QED) is 0.785. The topological polar surface area (TPSA) is 71.3 Å². The van der Waals surface area contributed by atoms with E-state index in [4.69, 9.17) is 16.3 Å². The van der Waals surface area contributed by atoms with Crippen LogP contribution in [0, 0.1) is 0 Å². The molecule has 0 aliphatic carbocycles. The Bertz CT molecular complexity index is 828. The van der Waals surface area contributed by atoms with Crippen LogP contribution in [0.5, 0.6) is 5.75 Å². The summed E-state index contributed by atoms with van der Waals surface area (Å²) < 4.78 is 28.6. The molecular formula is C14H14ClN3O3S. The van der Waals surface area contributed by atoms with Gasteiger partial charge >= 0.3 is 0 Å². The number of fused-ring (bicyclic) bond motifs is 1. The molecule has 0 unspecified atom stereocenters. The molecule has 0 aromatic heterocycles. The zero-order valence-electron chi connectivity index (χ0n) is 12.1. The summed E-state index contributed by atoms with van der Waals surface area (Å²) in [5.74, 6) is 1.10. The summed E-state index contributed by atoms with van der Waals surface area (Å²) in [6, 6.07) is 4.78. The van der Waals surface area contributed by atoms with E-state index in [1.165, 1.54) is 13.2 Å². The van der Waals surface area contributed by atoms with E-state index in [1.807, 2.05) is 4.90 Å². The minimum Gasteiger partial charge on any atom is -0.496 e. The summed E-state index contributed by atoms with van der Waals surface area (Å²) in [4.78, 5) is 10.8. The molecule has 2 heterocycles. The van der Waals surface area contributed by atoms with E-state index >= 15 is 0 Å². The minimum atomic E-state index is -3.29. The number of methoxy groups -OCH3 is 1. The van der Waals surface area contributed by atoms with E-state index in [0.717, 1.165) is 17.5 Å². The molecule has 6 nitrogen and oxygen atoms in total. The number of rotatable bonds is 3. The molecule has 0 N–H and O–H groups in total. The monoisotopic (exact) mass is 339 g/mol. The number of benzene rings is 1. The van der Waals surface area contributed by atoms with Crippen molar-refractivity contribution in [3.8, 4) is 5.75 Å². The van der Waals surface area contributed by atoms with E-state index < -0.39 is 9.84 Å². The molecule has 22 heavy (non-hydrogen) atoms. The van der Waals surface area contributed by atoms with Gasteiger partial charge in [-0.3, -0.25) is 0 Å². The molecule has 0 atom stereocenters. The number of hydrogen-bond acceptors (Lipinski definition) is 6. The molecule has 0 amide bonds. The molecule has 0 fully saturated rings. The first-order valence-electron chi connectivity index (χ1n) is 6.53. The predicted molar refractivity (Wildman–Crippen MR) is 85.6 cm³/mol. The highest BCUT2D eigenvalue weighted by molar-refractivity contribution is 7.90. The second-order valence-corrected chi connectivity index (χ2v) is 7.37. The maximum absolute atomic E-state index is 11.6. The van der Waals surface area contributed by atoms with Gasteiger partial charge in [0, 0.05) is 18.0 Å². The van der Waals surface area contributed by atoms with Crippen molar-refractivity contribution in [2.24, 2.45) is 9.98 Å². The maximum atomic E-state index is 11.6. The Balaban J connectivity index is 2.05. The van der Waals surface area contributed by atoms with Crippen LogP contribution in [0.1, 0.15) is 5.56 Å². The van der Waals surface area contributed by atoms with Gasteiger partial charge in [0.25, 0.3) is 0 Å². The fourth-order valence-electron chi connectivity index (χ4n) is 2.38. The smallest absolute Gasteiger partial charge is 0.175 e. The van der Waals surface area contributed by atoms with Crippen LogP contribution in [-0.4, -0.2) is 51.7 Å². The van der Waals surface area contributed by atoms with Crippen molar-refractivity contribution in [3.05, 3.63) is 34.7 Å². The van der Waals surface area contributed by atoms with Crippen LogP contribution in [0.15, 0.2) is 44.1 Å². The summed E-state index contributed by atoms with van der Waals surface area (Å²) in [7, 11) is -1.78. The van der Waals surface area contributed by atoms with Gasteiger partial charge in [0.2, 0.25) is 0 Å². The van der Waals surface area contributed by atoms with Crippen molar-refractivity contribution in [1.29, 1.82) is 0 Å². The molecule has 0 spiro atoms. The average Bonchev–Trinajstić information content (AvgIpc) is 2.91. The minimum absolute atomic E-state index is 0.213. The molecule has 1 aromatic rings. The zero-order chi connectivity index (χ0) is 15.9. The summed E-state index contributed by atoms with van der Waals surface area (Å²) in [5, 5.41) is 0.355. The van der Waals surface area contributed by atoms with Crippen LogP contribution in [0.25, 0.3) is 0 Å². The van der Waals surface area contributed by atoms with Crippen molar-refractivity contribution in [2.75, 3.05) is 26.5 Å². The normalized spacial score (nSPS) is 17.6. The first-order valence-corrected chi connectivity index (χ1v) is 8.80. The van der Waals surface area contributed by atoms with E-state index in [0.29, 0.717) is 29.8 Å². The highest BCUT2D eigenvalue weighted by Gasteiger charge is 2.27. The lowest BCUT2D eigenvalue weighted by molar-refractivity contribution is 0.412. The third-order valence-electron chi connectivity index (χ3n) is 3.48. The number of halogens is 1. The molecule has 8 heteroatoms. The van der Waals surface area contributed by atoms with Crippen LogP contribution in [-0.2, 0) is 9.84 Å². The Morgan fingerprint density at radius 2 is 2.14 bits per heavy atom.